The Morgan fingerprint density at radius 3 is 2.68 bits per heavy atom. The number of hydrogen-bond acceptors (Lipinski definition) is 7. The van der Waals surface area contributed by atoms with E-state index in [0.29, 0.717) is 5.95 Å². The maximum absolute atomic E-state index is 12.3. The fourth-order valence-electron chi connectivity index (χ4n) is 4.19. The molecule has 2 aliphatic rings. The van der Waals surface area contributed by atoms with E-state index in [2.05, 4.69) is 30.1 Å². The van der Waals surface area contributed by atoms with Crippen molar-refractivity contribution >= 4 is 11.9 Å². The summed E-state index contributed by atoms with van der Waals surface area (Å²) in [5, 5.41) is 2.94. The number of aromatic amines is 1. The van der Waals surface area contributed by atoms with Crippen molar-refractivity contribution in [3.63, 3.8) is 0 Å². The number of nitrogens with one attached hydrogen (secondary N) is 2. The van der Waals surface area contributed by atoms with Crippen LogP contribution in [0.1, 0.15) is 49.3 Å². The van der Waals surface area contributed by atoms with Gasteiger partial charge in [0.25, 0.3) is 5.56 Å². The zero-order chi connectivity index (χ0) is 19.3. The van der Waals surface area contributed by atoms with Crippen molar-refractivity contribution in [1.82, 2.24) is 24.8 Å². The van der Waals surface area contributed by atoms with Gasteiger partial charge in [-0.3, -0.25) is 14.7 Å². The van der Waals surface area contributed by atoms with Crippen molar-refractivity contribution in [2.24, 2.45) is 0 Å². The van der Waals surface area contributed by atoms with Gasteiger partial charge in [0.2, 0.25) is 11.9 Å². The van der Waals surface area contributed by atoms with Crippen LogP contribution in [0.3, 0.4) is 0 Å². The van der Waals surface area contributed by atoms with Crippen LogP contribution < -0.4 is 15.8 Å². The lowest BCUT2D eigenvalue weighted by Gasteiger charge is -2.33. The third kappa shape index (κ3) is 4.49. The lowest BCUT2D eigenvalue weighted by atomic mass is 9.94. The Morgan fingerprint density at radius 1 is 1.14 bits per heavy atom. The Morgan fingerprint density at radius 2 is 1.93 bits per heavy atom. The van der Waals surface area contributed by atoms with Crippen LogP contribution in [0.2, 0.25) is 0 Å². The minimum Gasteiger partial charge on any atom is -0.357 e. The molecule has 150 valence electrons. The summed E-state index contributed by atoms with van der Waals surface area (Å²) in [6.45, 7) is 4.73. The number of nitrogens with zero attached hydrogens (tertiary/aromatic N) is 5. The molecule has 8 heteroatoms. The molecule has 0 amide bonds. The maximum atomic E-state index is 12.3. The molecule has 2 aromatic rings. The number of H-pyrrole nitrogens is 1. The molecule has 0 aromatic carbocycles. The van der Waals surface area contributed by atoms with Crippen LogP contribution in [0, 0.1) is 0 Å². The van der Waals surface area contributed by atoms with Crippen LogP contribution in [-0.2, 0) is 6.54 Å². The van der Waals surface area contributed by atoms with E-state index in [1.54, 1.807) is 6.07 Å². The summed E-state index contributed by atoms with van der Waals surface area (Å²) < 4.78 is 0. The molecule has 1 unspecified atom stereocenters. The highest BCUT2D eigenvalue weighted by molar-refractivity contribution is 5.32. The molecule has 0 bridgehead atoms. The van der Waals surface area contributed by atoms with Gasteiger partial charge < -0.3 is 10.2 Å². The summed E-state index contributed by atoms with van der Waals surface area (Å²) in [6, 6.07) is 1.69. The van der Waals surface area contributed by atoms with Gasteiger partial charge in [-0.1, -0.05) is 0 Å². The van der Waals surface area contributed by atoms with Crippen LogP contribution in [0.25, 0.3) is 0 Å². The molecule has 0 radical (unpaired) electrons. The smallest absolute Gasteiger partial charge is 0.252 e. The molecule has 2 N–H and O–H groups in total. The number of aromatic nitrogens is 4. The van der Waals surface area contributed by atoms with E-state index in [-0.39, 0.29) is 11.5 Å². The quantitative estimate of drug-likeness (QED) is 0.816. The zero-order valence-corrected chi connectivity index (χ0v) is 16.5. The molecule has 2 saturated heterocycles. The van der Waals surface area contributed by atoms with Gasteiger partial charge in [-0.05, 0) is 38.6 Å². The lowest BCUT2D eigenvalue weighted by Crippen LogP contribution is -2.36. The van der Waals surface area contributed by atoms with Crippen molar-refractivity contribution in [2.45, 2.75) is 44.6 Å². The first kappa shape index (κ1) is 18.9. The number of anilines is 2. The van der Waals surface area contributed by atoms with Gasteiger partial charge in [0.15, 0.2) is 0 Å². The van der Waals surface area contributed by atoms with Crippen molar-refractivity contribution in [2.75, 3.05) is 43.4 Å². The predicted octanol–water partition coefficient (Wildman–Crippen LogP) is 1.97. The normalized spacial score (nSPS) is 20.9. The molecule has 2 aromatic heterocycles. The number of hydrogen-bond donors (Lipinski definition) is 2. The van der Waals surface area contributed by atoms with Gasteiger partial charge in [0.05, 0.1) is 5.69 Å². The van der Waals surface area contributed by atoms with E-state index in [9.17, 15) is 4.79 Å². The van der Waals surface area contributed by atoms with E-state index in [1.165, 1.54) is 19.3 Å². The summed E-state index contributed by atoms with van der Waals surface area (Å²) in [5.74, 6) is 1.67. The summed E-state index contributed by atoms with van der Waals surface area (Å²) in [4.78, 5) is 33.3. The summed E-state index contributed by atoms with van der Waals surface area (Å²) >= 11 is 0. The minimum atomic E-state index is -0.0428. The summed E-state index contributed by atoms with van der Waals surface area (Å²) in [5.41, 5.74) is 1.99. The highest BCUT2D eigenvalue weighted by Crippen LogP contribution is 2.27. The molecular weight excluding hydrogens is 354 g/mol. The van der Waals surface area contributed by atoms with Crippen molar-refractivity contribution in [1.29, 1.82) is 0 Å². The Labute approximate surface area is 165 Å². The van der Waals surface area contributed by atoms with Gasteiger partial charge >= 0.3 is 0 Å². The molecule has 8 nitrogen and oxygen atoms in total. The second-order valence-electron chi connectivity index (χ2n) is 7.78. The van der Waals surface area contributed by atoms with Crippen LogP contribution in [0.5, 0.6) is 0 Å². The standard InChI is InChI=1S/C20H29N7O/c1-21-19-22-11-15(12-23-19)13-26-7-5-6-16(14-26)17-10-18(28)25-20(24-17)27-8-3-2-4-9-27/h10-12,16H,2-9,13-14H2,1H3,(H,21,22,23)(H,24,25,28). The lowest BCUT2D eigenvalue weighted by molar-refractivity contribution is 0.198. The Hall–Kier alpha value is -2.48. The fourth-order valence-corrected chi connectivity index (χ4v) is 4.19. The minimum absolute atomic E-state index is 0.0428. The van der Waals surface area contributed by atoms with E-state index in [4.69, 9.17) is 4.98 Å². The van der Waals surface area contributed by atoms with E-state index < -0.39 is 0 Å². The van der Waals surface area contributed by atoms with Gasteiger partial charge in [-0.15, -0.1) is 0 Å². The average molecular weight is 384 g/mol. The second kappa shape index (κ2) is 8.68. The van der Waals surface area contributed by atoms with Gasteiger partial charge in [-0.2, -0.15) is 0 Å². The third-order valence-electron chi connectivity index (χ3n) is 5.66. The van der Waals surface area contributed by atoms with Crippen LogP contribution in [0.4, 0.5) is 11.9 Å². The zero-order valence-electron chi connectivity index (χ0n) is 16.5. The van der Waals surface area contributed by atoms with Crippen LogP contribution in [-0.4, -0.2) is 58.1 Å². The maximum Gasteiger partial charge on any atom is 0.252 e. The number of piperidine rings is 2. The first-order valence-corrected chi connectivity index (χ1v) is 10.3. The van der Waals surface area contributed by atoms with Crippen molar-refractivity contribution in [3.8, 4) is 0 Å². The van der Waals surface area contributed by atoms with E-state index in [1.807, 2.05) is 19.4 Å². The molecule has 0 spiro atoms. The Kier molecular flexibility index (Phi) is 5.85. The van der Waals surface area contributed by atoms with Crippen molar-refractivity contribution in [3.05, 3.63) is 40.1 Å². The molecular formula is C20H29N7O. The predicted molar refractivity (Wildman–Crippen MR) is 110 cm³/mol. The van der Waals surface area contributed by atoms with E-state index >= 15 is 0 Å². The molecule has 1 atom stereocenters. The largest absolute Gasteiger partial charge is 0.357 e. The van der Waals surface area contributed by atoms with Gasteiger partial charge in [0.1, 0.15) is 0 Å². The molecule has 28 heavy (non-hydrogen) atoms. The summed E-state index contributed by atoms with van der Waals surface area (Å²) in [6.07, 6.45) is 9.52. The first-order chi connectivity index (χ1) is 13.7. The number of rotatable bonds is 5. The number of likely N-dealkylation sites (tertiary alicyclic amines) is 1. The summed E-state index contributed by atoms with van der Waals surface area (Å²) in [7, 11) is 1.82. The Bertz CT molecular complexity index is 829. The molecule has 4 heterocycles. The molecule has 0 aliphatic carbocycles. The molecule has 4 rings (SSSR count). The molecule has 0 saturated carbocycles. The average Bonchev–Trinajstić information content (AvgIpc) is 2.75. The van der Waals surface area contributed by atoms with Crippen molar-refractivity contribution < 1.29 is 0 Å². The van der Waals surface area contributed by atoms with Crippen LogP contribution >= 0.6 is 0 Å². The fraction of sp³-hybridized carbons (Fsp3) is 0.600. The molecule has 2 fully saturated rings. The second-order valence-corrected chi connectivity index (χ2v) is 7.78. The molecule has 2 aliphatic heterocycles. The first-order valence-electron chi connectivity index (χ1n) is 10.3. The SMILES string of the molecule is CNc1ncc(CN2CCCC(c3cc(=O)[nH]c(N4CCCCC4)n3)C2)cn1. The van der Waals surface area contributed by atoms with Gasteiger partial charge in [0, 0.05) is 63.2 Å². The van der Waals surface area contributed by atoms with Crippen LogP contribution in [0.15, 0.2) is 23.3 Å². The topological polar surface area (TPSA) is 90.0 Å². The van der Waals surface area contributed by atoms with E-state index in [0.717, 1.165) is 62.8 Å². The Balaban J connectivity index is 1.46. The van der Waals surface area contributed by atoms with Gasteiger partial charge in [-0.25, -0.2) is 15.0 Å². The third-order valence-corrected chi connectivity index (χ3v) is 5.66. The highest BCUT2D eigenvalue weighted by atomic mass is 16.1. The highest BCUT2D eigenvalue weighted by Gasteiger charge is 2.24. The monoisotopic (exact) mass is 383 g/mol.